The minimum absolute atomic E-state index is 0.562. The maximum atomic E-state index is 2.26. The molecule has 0 aliphatic rings. The lowest BCUT2D eigenvalue weighted by molar-refractivity contribution is 0.869. The Hall–Kier alpha value is -1.56. The Morgan fingerprint density at radius 1 is 0.824 bits per heavy atom. The average molecular weight is 224 g/mol. The SMILES string of the molecule is Cc1ccc(-c2ccccc2C(C)C)c(C)c1. The molecule has 2 aromatic carbocycles. The van der Waals surface area contributed by atoms with Crippen molar-refractivity contribution < 1.29 is 0 Å². The van der Waals surface area contributed by atoms with Crippen LogP contribution in [0.2, 0.25) is 0 Å². The molecule has 0 saturated carbocycles. The summed E-state index contributed by atoms with van der Waals surface area (Å²) in [5.74, 6) is 0.562. The van der Waals surface area contributed by atoms with Gasteiger partial charge in [-0.3, -0.25) is 0 Å². The van der Waals surface area contributed by atoms with E-state index in [9.17, 15) is 0 Å². The molecule has 0 heteroatoms. The summed E-state index contributed by atoms with van der Waals surface area (Å²) in [5.41, 5.74) is 6.85. The molecule has 0 unspecified atom stereocenters. The molecule has 0 amide bonds. The van der Waals surface area contributed by atoms with Crippen molar-refractivity contribution in [3.8, 4) is 11.1 Å². The summed E-state index contributed by atoms with van der Waals surface area (Å²) in [6.07, 6.45) is 0. The lowest BCUT2D eigenvalue weighted by Crippen LogP contribution is -1.93. The van der Waals surface area contributed by atoms with Crippen LogP contribution in [0.1, 0.15) is 36.5 Å². The topological polar surface area (TPSA) is 0 Å². The quantitative estimate of drug-likeness (QED) is 0.666. The first-order chi connectivity index (χ1) is 8.09. The van der Waals surface area contributed by atoms with Crippen molar-refractivity contribution in [3.05, 3.63) is 59.2 Å². The van der Waals surface area contributed by atoms with Gasteiger partial charge in [-0.1, -0.05) is 61.9 Å². The highest BCUT2D eigenvalue weighted by atomic mass is 14.1. The van der Waals surface area contributed by atoms with Crippen LogP contribution in [0.4, 0.5) is 0 Å². The van der Waals surface area contributed by atoms with E-state index in [4.69, 9.17) is 0 Å². The molecule has 0 heterocycles. The third-order valence-electron chi connectivity index (χ3n) is 3.25. The lowest BCUT2D eigenvalue weighted by atomic mass is 9.90. The molecule has 0 aliphatic carbocycles. The maximum absolute atomic E-state index is 2.26. The molecule has 0 radical (unpaired) electrons. The molecule has 0 nitrogen and oxygen atoms in total. The van der Waals surface area contributed by atoms with E-state index in [2.05, 4.69) is 70.2 Å². The highest BCUT2D eigenvalue weighted by molar-refractivity contribution is 5.71. The van der Waals surface area contributed by atoms with E-state index in [1.165, 1.54) is 27.8 Å². The molecule has 0 atom stereocenters. The van der Waals surface area contributed by atoms with Crippen LogP contribution in [0.5, 0.6) is 0 Å². The van der Waals surface area contributed by atoms with Gasteiger partial charge in [0.05, 0.1) is 0 Å². The molecular weight excluding hydrogens is 204 g/mol. The van der Waals surface area contributed by atoms with Crippen LogP contribution in [0.3, 0.4) is 0 Å². The zero-order chi connectivity index (χ0) is 12.4. The van der Waals surface area contributed by atoms with Gasteiger partial charge in [0.2, 0.25) is 0 Å². The summed E-state index contributed by atoms with van der Waals surface area (Å²) in [6, 6.07) is 15.4. The number of benzene rings is 2. The smallest absolute Gasteiger partial charge is 0.0147 e. The fourth-order valence-electron chi connectivity index (χ4n) is 2.36. The van der Waals surface area contributed by atoms with Crippen LogP contribution in [0.15, 0.2) is 42.5 Å². The van der Waals surface area contributed by atoms with Gasteiger partial charge >= 0.3 is 0 Å². The van der Waals surface area contributed by atoms with Crippen LogP contribution in [-0.4, -0.2) is 0 Å². The van der Waals surface area contributed by atoms with E-state index in [-0.39, 0.29) is 0 Å². The predicted molar refractivity (Wildman–Crippen MR) is 75.4 cm³/mol. The predicted octanol–water partition coefficient (Wildman–Crippen LogP) is 5.09. The highest BCUT2D eigenvalue weighted by Gasteiger charge is 2.09. The minimum Gasteiger partial charge on any atom is -0.0619 e. The van der Waals surface area contributed by atoms with E-state index in [1.807, 2.05) is 0 Å². The monoisotopic (exact) mass is 224 g/mol. The Kier molecular flexibility index (Phi) is 3.33. The number of hydrogen-bond donors (Lipinski definition) is 0. The van der Waals surface area contributed by atoms with Gasteiger partial charge in [-0.2, -0.15) is 0 Å². The maximum Gasteiger partial charge on any atom is -0.0147 e. The number of aryl methyl sites for hydroxylation is 2. The van der Waals surface area contributed by atoms with Crippen LogP contribution in [0.25, 0.3) is 11.1 Å². The van der Waals surface area contributed by atoms with Crippen LogP contribution >= 0.6 is 0 Å². The molecule has 2 rings (SSSR count). The van der Waals surface area contributed by atoms with E-state index >= 15 is 0 Å². The molecule has 0 N–H and O–H groups in total. The van der Waals surface area contributed by atoms with Gasteiger partial charge in [-0.05, 0) is 42.0 Å². The van der Waals surface area contributed by atoms with Crippen molar-refractivity contribution in [1.29, 1.82) is 0 Å². The second-order valence-electron chi connectivity index (χ2n) is 5.06. The standard InChI is InChI=1S/C17H20/c1-12(2)15-7-5-6-8-17(15)16-10-9-13(3)11-14(16)4/h5-12H,1-4H3. The first-order valence-corrected chi connectivity index (χ1v) is 6.26. The molecule has 2 aromatic rings. The van der Waals surface area contributed by atoms with Crippen molar-refractivity contribution in [2.75, 3.05) is 0 Å². The summed E-state index contributed by atoms with van der Waals surface area (Å²) in [6.45, 7) is 8.84. The van der Waals surface area contributed by atoms with Gasteiger partial charge in [0.1, 0.15) is 0 Å². The van der Waals surface area contributed by atoms with Gasteiger partial charge in [0, 0.05) is 0 Å². The Morgan fingerprint density at radius 3 is 2.18 bits per heavy atom. The molecule has 0 spiro atoms. The molecule has 17 heavy (non-hydrogen) atoms. The van der Waals surface area contributed by atoms with Crippen LogP contribution in [0, 0.1) is 13.8 Å². The van der Waals surface area contributed by atoms with Gasteiger partial charge in [-0.15, -0.1) is 0 Å². The van der Waals surface area contributed by atoms with E-state index < -0.39 is 0 Å². The zero-order valence-electron chi connectivity index (χ0n) is 11.1. The minimum atomic E-state index is 0.562. The van der Waals surface area contributed by atoms with E-state index in [0.29, 0.717) is 5.92 Å². The summed E-state index contributed by atoms with van der Waals surface area (Å²) >= 11 is 0. The third kappa shape index (κ3) is 2.41. The fraction of sp³-hybridized carbons (Fsp3) is 0.294. The zero-order valence-corrected chi connectivity index (χ0v) is 11.1. The van der Waals surface area contributed by atoms with Crippen molar-refractivity contribution in [2.24, 2.45) is 0 Å². The Morgan fingerprint density at radius 2 is 1.53 bits per heavy atom. The highest BCUT2D eigenvalue weighted by Crippen LogP contribution is 2.31. The molecule has 0 aromatic heterocycles. The summed E-state index contributed by atoms with van der Waals surface area (Å²) in [5, 5.41) is 0. The van der Waals surface area contributed by atoms with Gasteiger partial charge in [0.25, 0.3) is 0 Å². The lowest BCUT2D eigenvalue weighted by Gasteiger charge is -2.15. The number of rotatable bonds is 2. The van der Waals surface area contributed by atoms with Gasteiger partial charge < -0.3 is 0 Å². The molecule has 0 saturated heterocycles. The van der Waals surface area contributed by atoms with Crippen LogP contribution in [-0.2, 0) is 0 Å². The number of hydrogen-bond acceptors (Lipinski definition) is 0. The Balaban J connectivity index is 2.60. The molecular formula is C17H20. The average Bonchev–Trinajstić information content (AvgIpc) is 2.29. The second kappa shape index (κ2) is 4.75. The van der Waals surface area contributed by atoms with Crippen molar-refractivity contribution >= 4 is 0 Å². The van der Waals surface area contributed by atoms with Crippen molar-refractivity contribution in [2.45, 2.75) is 33.6 Å². The Bertz CT molecular complexity index is 521. The largest absolute Gasteiger partial charge is 0.0619 e. The van der Waals surface area contributed by atoms with Crippen LogP contribution < -0.4 is 0 Å². The Labute approximate surface area is 104 Å². The first kappa shape index (κ1) is 11.9. The molecule has 0 fully saturated rings. The third-order valence-corrected chi connectivity index (χ3v) is 3.25. The normalized spacial score (nSPS) is 10.9. The van der Waals surface area contributed by atoms with Gasteiger partial charge in [0.15, 0.2) is 0 Å². The van der Waals surface area contributed by atoms with E-state index in [1.54, 1.807) is 0 Å². The van der Waals surface area contributed by atoms with Gasteiger partial charge in [-0.25, -0.2) is 0 Å². The molecule has 0 bridgehead atoms. The van der Waals surface area contributed by atoms with E-state index in [0.717, 1.165) is 0 Å². The molecule has 0 aliphatic heterocycles. The molecule has 88 valence electrons. The second-order valence-corrected chi connectivity index (χ2v) is 5.06. The first-order valence-electron chi connectivity index (χ1n) is 6.26. The van der Waals surface area contributed by atoms with Crippen molar-refractivity contribution in [1.82, 2.24) is 0 Å². The summed E-state index contributed by atoms with van der Waals surface area (Å²) < 4.78 is 0. The summed E-state index contributed by atoms with van der Waals surface area (Å²) in [4.78, 5) is 0. The van der Waals surface area contributed by atoms with Crippen molar-refractivity contribution in [3.63, 3.8) is 0 Å². The fourth-order valence-corrected chi connectivity index (χ4v) is 2.36. The summed E-state index contributed by atoms with van der Waals surface area (Å²) in [7, 11) is 0.